The Hall–Kier alpha value is -1.10. The minimum absolute atomic E-state index is 0.181. The lowest BCUT2D eigenvalue weighted by Gasteiger charge is -2.30. The fourth-order valence-corrected chi connectivity index (χ4v) is 1.24. The highest BCUT2D eigenvalue weighted by Crippen LogP contribution is 2.18. The maximum atomic E-state index is 11.8. The van der Waals surface area contributed by atoms with Crippen LogP contribution in [-0.4, -0.2) is 29.1 Å². The quantitative estimate of drug-likeness (QED) is 0.627. The van der Waals surface area contributed by atoms with Crippen LogP contribution in [0.4, 0.5) is 0 Å². The molecule has 94 valence electrons. The van der Waals surface area contributed by atoms with E-state index >= 15 is 0 Å². The van der Waals surface area contributed by atoms with Gasteiger partial charge in [0.1, 0.15) is 5.54 Å². The summed E-state index contributed by atoms with van der Waals surface area (Å²) in [7, 11) is 0. The molecule has 0 aliphatic carbocycles. The Morgan fingerprint density at radius 2 is 1.81 bits per heavy atom. The molecule has 0 radical (unpaired) electrons. The third-order valence-electron chi connectivity index (χ3n) is 2.74. The van der Waals surface area contributed by atoms with Gasteiger partial charge in [0.25, 0.3) is 0 Å². The van der Waals surface area contributed by atoms with Crippen molar-refractivity contribution in [3.8, 4) is 0 Å². The van der Waals surface area contributed by atoms with E-state index in [-0.39, 0.29) is 12.5 Å². The van der Waals surface area contributed by atoms with Gasteiger partial charge in [-0.3, -0.25) is 4.79 Å². The highest BCUT2D eigenvalue weighted by Gasteiger charge is 2.37. The highest BCUT2D eigenvalue weighted by atomic mass is 16.4. The molecular formula is C11H22N2O3. The van der Waals surface area contributed by atoms with Crippen molar-refractivity contribution >= 4 is 11.9 Å². The van der Waals surface area contributed by atoms with Gasteiger partial charge in [-0.25, -0.2) is 4.79 Å². The summed E-state index contributed by atoms with van der Waals surface area (Å²) in [5.41, 5.74) is 3.51. The molecule has 0 aromatic carbocycles. The molecule has 0 aromatic heterocycles. The van der Waals surface area contributed by atoms with Crippen LogP contribution in [-0.2, 0) is 9.59 Å². The zero-order chi connectivity index (χ0) is 13.0. The molecule has 0 bridgehead atoms. The van der Waals surface area contributed by atoms with Crippen molar-refractivity contribution in [2.75, 3.05) is 6.54 Å². The van der Waals surface area contributed by atoms with Gasteiger partial charge in [-0.15, -0.1) is 0 Å². The standard InChI is InChI=1S/C11H22N2O3/c1-5-6-11(4,9(15)16)13-8(14)10(2,3)7-12/h5-7,12H2,1-4H3,(H,13,14)(H,15,16). The van der Waals surface area contributed by atoms with Gasteiger partial charge in [-0.2, -0.15) is 0 Å². The van der Waals surface area contributed by atoms with Crippen molar-refractivity contribution in [1.29, 1.82) is 0 Å². The summed E-state index contributed by atoms with van der Waals surface area (Å²) in [5.74, 6) is -1.34. The van der Waals surface area contributed by atoms with E-state index < -0.39 is 16.9 Å². The van der Waals surface area contributed by atoms with Crippen LogP contribution in [0, 0.1) is 5.41 Å². The van der Waals surface area contributed by atoms with Gasteiger partial charge in [0.2, 0.25) is 5.91 Å². The number of amides is 1. The molecule has 0 aliphatic rings. The van der Waals surface area contributed by atoms with Crippen LogP contribution in [0.25, 0.3) is 0 Å². The molecule has 1 amide bonds. The van der Waals surface area contributed by atoms with E-state index in [1.165, 1.54) is 6.92 Å². The first-order valence-electron chi connectivity index (χ1n) is 5.45. The first-order chi connectivity index (χ1) is 7.19. The van der Waals surface area contributed by atoms with Crippen LogP contribution in [0.3, 0.4) is 0 Å². The molecule has 4 N–H and O–H groups in total. The van der Waals surface area contributed by atoms with E-state index in [1.54, 1.807) is 13.8 Å². The van der Waals surface area contributed by atoms with Gasteiger partial charge in [-0.05, 0) is 27.2 Å². The third kappa shape index (κ3) is 3.48. The van der Waals surface area contributed by atoms with Gasteiger partial charge >= 0.3 is 5.97 Å². The SMILES string of the molecule is CCCC(C)(NC(=O)C(C)(C)CN)C(=O)O. The smallest absolute Gasteiger partial charge is 0.329 e. The van der Waals surface area contributed by atoms with E-state index in [1.807, 2.05) is 6.92 Å². The molecular weight excluding hydrogens is 208 g/mol. The maximum Gasteiger partial charge on any atom is 0.329 e. The third-order valence-corrected chi connectivity index (χ3v) is 2.74. The molecule has 0 spiro atoms. The highest BCUT2D eigenvalue weighted by molar-refractivity contribution is 5.89. The van der Waals surface area contributed by atoms with Crippen molar-refractivity contribution in [1.82, 2.24) is 5.32 Å². The Morgan fingerprint density at radius 1 is 1.31 bits per heavy atom. The monoisotopic (exact) mass is 230 g/mol. The van der Waals surface area contributed by atoms with E-state index in [0.717, 1.165) is 0 Å². The molecule has 0 aromatic rings. The normalized spacial score (nSPS) is 15.3. The summed E-state index contributed by atoms with van der Waals surface area (Å²) in [5, 5.41) is 11.7. The number of hydrogen-bond acceptors (Lipinski definition) is 3. The Bertz CT molecular complexity index is 276. The number of hydrogen-bond donors (Lipinski definition) is 3. The molecule has 0 fully saturated rings. The summed E-state index contributed by atoms with van der Waals surface area (Å²) in [6.07, 6.45) is 1.08. The topological polar surface area (TPSA) is 92.4 Å². The van der Waals surface area contributed by atoms with Crippen molar-refractivity contribution in [2.24, 2.45) is 11.1 Å². The first kappa shape index (κ1) is 14.9. The average Bonchev–Trinajstić information content (AvgIpc) is 2.17. The van der Waals surface area contributed by atoms with Crippen molar-refractivity contribution in [3.63, 3.8) is 0 Å². The largest absolute Gasteiger partial charge is 0.480 e. The molecule has 1 atom stereocenters. The number of aliphatic carboxylic acids is 1. The number of nitrogens with two attached hydrogens (primary N) is 1. The number of carbonyl (C=O) groups is 2. The summed E-state index contributed by atoms with van der Waals surface area (Å²) in [4.78, 5) is 23.0. The van der Waals surface area contributed by atoms with E-state index in [0.29, 0.717) is 12.8 Å². The second-order valence-electron chi connectivity index (χ2n) is 4.93. The number of carboxylic acids is 1. The van der Waals surface area contributed by atoms with Crippen LogP contribution >= 0.6 is 0 Å². The fraction of sp³-hybridized carbons (Fsp3) is 0.818. The lowest BCUT2D eigenvalue weighted by Crippen LogP contribution is -2.56. The molecule has 16 heavy (non-hydrogen) atoms. The summed E-state index contributed by atoms with van der Waals surface area (Å²) in [6.45, 7) is 6.96. The summed E-state index contributed by atoms with van der Waals surface area (Å²) < 4.78 is 0. The number of carbonyl (C=O) groups excluding carboxylic acids is 1. The first-order valence-corrected chi connectivity index (χ1v) is 5.45. The molecule has 0 saturated carbocycles. The molecule has 0 heterocycles. The number of carboxylic acid groups (broad SMARTS) is 1. The van der Waals surface area contributed by atoms with Gasteiger partial charge in [0.15, 0.2) is 0 Å². The molecule has 0 aliphatic heterocycles. The average molecular weight is 230 g/mol. The van der Waals surface area contributed by atoms with Gasteiger partial charge < -0.3 is 16.2 Å². The van der Waals surface area contributed by atoms with Crippen molar-refractivity contribution in [3.05, 3.63) is 0 Å². The Kier molecular flexibility index (Phi) is 4.93. The number of rotatable bonds is 6. The minimum Gasteiger partial charge on any atom is -0.480 e. The van der Waals surface area contributed by atoms with Crippen molar-refractivity contribution < 1.29 is 14.7 Å². The van der Waals surface area contributed by atoms with Gasteiger partial charge in [0, 0.05) is 6.54 Å². The Labute approximate surface area is 96.4 Å². The lowest BCUT2D eigenvalue weighted by molar-refractivity contribution is -0.148. The number of nitrogens with one attached hydrogen (secondary N) is 1. The fourth-order valence-electron chi connectivity index (χ4n) is 1.24. The van der Waals surface area contributed by atoms with E-state index in [2.05, 4.69) is 5.32 Å². The van der Waals surface area contributed by atoms with Crippen LogP contribution in [0.15, 0.2) is 0 Å². The predicted octanol–water partition coefficient (Wildman–Crippen LogP) is 0.731. The molecule has 5 nitrogen and oxygen atoms in total. The molecule has 0 rings (SSSR count). The van der Waals surface area contributed by atoms with Crippen LogP contribution in [0.1, 0.15) is 40.5 Å². The molecule has 0 saturated heterocycles. The van der Waals surface area contributed by atoms with E-state index in [9.17, 15) is 9.59 Å². The Morgan fingerprint density at radius 3 is 2.12 bits per heavy atom. The zero-order valence-electron chi connectivity index (χ0n) is 10.5. The van der Waals surface area contributed by atoms with Gasteiger partial charge in [-0.1, -0.05) is 13.3 Å². The van der Waals surface area contributed by atoms with Crippen LogP contribution in [0.2, 0.25) is 0 Å². The Balaban J connectivity index is 4.78. The summed E-state index contributed by atoms with van der Waals surface area (Å²) in [6, 6.07) is 0. The zero-order valence-corrected chi connectivity index (χ0v) is 10.5. The van der Waals surface area contributed by atoms with E-state index in [4.69, 9.17) is 10.8 Å². The van der Waals surface area contributed by atoms with Crippen molar-refractivity contribution in [2.45, 2.75) is 46.1 Å². The minimum atomic E-state index is -1.21. The molecule has 5 heteroatoms. The van der Waals surface area contributed by atoms with Crippen LogP contribution < -0.4 is 11.1 Å². The summed E-state index contributed by atoms with van der Waals surface area (Å²) >= 11 is 0. The second kappa shape index (κ2) is 5.30. The van der Waals surface area contributed by atoms with Crippen LogP contribution in [0.5, 0.6) is 0 Å². The second-order valence-corrected chi connectivity index (χ2v) is 4.93. The van der Waals surface area contributed by atoms with Gasteiger partial charge in [0.05, 0.1) is 5.41 Å². The maximum absolute atomic E-state index is 11.8. The lowest BCUT2D eigenvalue weighted by atomic mass is 9.89. The predicted molar refractivity (Wildman–Crippen MR) is 61.9 cm³/mol. The molecule has 1 unspecified atom stereocenters.